The summed E-state index contributed by atoms with van der Waals surface area (Å²) in [5.41, 5.74) is 5.89. The monoisotopic (exact) mass is 243 g/mol. The zero-order valence-corrected chi connectivity index (χ0v) is 11.9. The third-order valence-corrected chi connectivity index (χ3v) is 4.30. The van der Waals surface area contributed by atoms with Gasteiger partial charge in [-0.25, -0.2) is 0 Å². The SMILES string of the molecule is CCN1CCC(N(C)C(C)(CN)COC)CC1. The first-order valence-corrected chi connectivity index (χ1v) is 6.71. The number of hydrogen-bond acceptors (Lipinski definition) is 4. The summed E-state index contributed by atoms with van der Waals surface area (Å²) in [5.74, 6) is 0. The first-order chi connectivity index (χ1) is 8.07. The summed E-state index contributed by atoms with van der Waals surface area (Å²) in [7, 11) is 3.94. The van der Waals surface area contributed by atoms with E-state index >= 15 is 0 Å². The lowest BCUT2D eigenvalue weighted by atomic mass is 9.95. The van der Waals surface area contributed by atoms with Crippen molar-refractivity contribution in [2.24, 2.45) is 5.73 Å². The van der Waals surface area contributed by atoms with E-state index in [4.69, 9.17) is 10.5 Å². The Morgan fingerprint density at radius 2 is 2.00 bits per heavy atom. The van der Waals surface area contributed by atoms with Crippen molar-refractivity contribution in [3.63, 3.8) is 0 Å². The van der Waals surface area contributed by atoms with E-state index in [1.165, 1.54) is 32.5 Å². The molecule has 0 bridgehead atoms. The highest BCUT2D eigenvalue weighted by atomic mass is 16.5. The van der Waals surface area contributed by atoms with E-state index in [0.717, 1.165) is 0 Å². The number of likely N-dealkylation sites (tertiary alicyclic amines) is 1. The summed E-state index contributed by atoms with van der Waals surface area (Å²) in [5, 5.41) is 0. The first-order valence-electron chi connectivity index (χ1n) is 6.71. The van der Waals surface area contributed by atoms with Gasteiger partial charge in [-0.1, -0.05) is 6.92 Å². The summed E-state index contributed by atoms with van der Waals surface area (Å²) in [4.78, 5) is 4.95. The summed E-state index contributed by atoms with van der Waals surface area (Å²) in [6, 6.07) is 0.640. The third-order valence-electron chi connectivity index (χ3n) is 4.30. The van der Waals surface area contributed by atoms with Crippen LogP contribution in [0.3, 0.4) is 0 Å². The third kappa shape index (κ3) is 3.65. The van der Waals surface area contributed by atoms with E-state index in [0.29, 0.717) is 19.2 Å². The predicted molar refractivity (Wildman–Crippen MR) is 72.2 cm³/mol. The number of nitrogens with zero attached hydrogens (tertiary/aromatic N) is 2. The van der Waals surface area contributed by atoms with Crippen LogP contribution in [-0.4, -0.2) is 68.3 Å². The maximum atomic E-state index is 5.92. The Morgan fingerprint density at radius 1 is 1.41 bits per heavy atom. The Labute approximate surface area is 106 Å². The van der Waals surface area contributed by atoms with Crippen molar-refractivity contribution < 1.29 is 4.74 Å². The molecule has 1 rings (SSSR count). The van der Waals surface area contributed by atoms with Crippen molar-refractivity contribution in [3.05, 3.63) is 0 Å². The van der Waals surface area contributed by atoms with Gasteiger partial charge in [0, 0.05) is 19.7 Å². The van der Waals surface area contributed by atoms with Crippen LogP contribution in [0, 0.1) is 0 Å². The molecular formula is C13H29N3O. The maximum absolute atomic E-state index is 5.92. The van der Waals surface area contributed by atoms with Gasteiger partial charge in [0.2, 0.25) is 0 Å². The van der Waals surface area contributed by atoms with E-state index in [9.17, 15) is 0 Å². The fraction of sp³-hybridized carbons (Fsp3) is 1.00. The standard InChI is InChI=1S/C13H29N3O/c1-5-16-8-6-12(7-9-16)15(3)13(2,10-14)11-17-4/h12H,5-11,14H2,1-4H3. The molecule has 0 aliphatic carbocycles. The zero-order valence-electron chi connectivity index (χ0n) is 11.9. The molecule has 0 aromatic carbocycles. The van der Waals surface area contributed by atoms with Gasteiger partial charge in [0.25, 0.3) is 0 Å². The molecule has 0 spiro atoms. The van der Waals surface area contributed by atoms with Crippen LogP contribution in [0.15, 0.2) is 0 Å². The van der Waals surface area contributed by atoms with E-state index in [1.807, 2.05) is 0 Å². The largest absolute Gasteiger partial charge is 0.383 e. The van der Waals surface area contributed by atoms with Crippen LogP contribution in [0.25, 0.3) is 0 Å². The van der Waals surface area contributed by atoms with Crippen LogP contribution in [0.4, 0.5) is 0 Å². The van der Waals surface area contributed by atoms with Crippen molar-refractivity contribution >= 4 is 0 Å². The highest BCUT2D eigenvalue weighted by Gasteiger charge is 2.34. The van der Waals surface area contributed by atoms with Gasteiger partial charge in [-0.15, -0.1) is 0 Å². The molecule has 0 radical (unpaired) electrons. The predicted octanol–water partition coefficient (Wildman–Crippen LogP) is 0.766. The maximum Gasteiger partial charge on any atom is 0.0656 e. The lowest BCUT2D eigenvalue weighted by Gasteiger charge is -2.45. The molecule has 1 unspecified atom stereocenters. The molecule has 1 saturated heterocycles. The first kappa shape index (κ1) is 14.9. The van der Waals surface area contributed by atoms with Crippen molar-refractivity contribution in [2.75, 3.05) is 46.9 Å². The second-order valence-electron chi connectivity index (χ2n) is 5.41. The van der Waals surface area contributed by atoms with Crippen LogP contribution >= 0.6 is 0 Å². The molecular weight excluding hydrogens is 214 g/mol. The molecule has 0 aromatic rings. The van der Waals surface area contributed by atoms with Crippen LogP contribution in [-0.2, 0) is 4.74 Å². The van der Waals surface area contributed by atoms with Crippen LogP contribution in [0.5, 0.6) is 0 Å². The molecule has 1 aliphatic heterocycles. The lowest BCUT2D eigenvalue weighted by Crippen LogP contribution is -2.58. The molecule has 4 nitrogen and oxygen atoms in total. The summed E-state index contributed by atoms with van der Waals surface area (Å²) < 4.78 is 5.32. The van der Waals surface area contributed by atoms with Crippen molar-refractivity contribution in [1.82, 2.24) is 9.80 Å². The zero-order chi connectivity index (χ0) is 12.9. The Morgan fingerprint density at radius 3 is 2.41 bits per heavy atom. The summed E-state index contributed by atoms with van der Waals surface area (Å²) in [6.07, 6.45) is 2.48. The second-order valence-corrected chi connectivity index (χ2v) is 5.41. The van der Waals surface area contributed by atoms with Gasteiger partial charge >= 0.3 is 0 Å². The molecule has 1 heterocycles. The minimum absolute atomic E-state index is 0.0339. The molecule has 4 heteroatoms. The second kappa shape index (κ2) is 6.69. The van der Waals surface area contributed by atoms with Gasteiger partial charge in [0.15, 0.2) is 0 Å². The number of methoxy groups -OCH3 is 1. The molecule has 17 heavy (non-hydrogen) atoms. The normalized spacial score (nSPS) is 22.9. The molecule has 0 amide bonds. The quantitative estimate of drug-likeness (QED) is 0.748. The van der Waals surface area contributed by atoms with Gasteiger partial charge in [-0.2, -0.15) is 0 Å². The molecule has 2 N–H and O–H groups in total. The fourth-order valence-corrected chi connectivity index (χ4v) is 2.68. The van der Waals surface area contributed by atoms with Crippen molar-refractivity contribution in [1.29, 1.82) is 0 Å². The van der Waals surface area contributed by atoms with Crippen LogP contribution in [0.2, 0.25) is 0 Å². The molecule has 1 aliphatic rings. The van der Waals surface area contributed by atoms with Crippen molar-refractivity contribution in [2.45, 2.75) is 38.3 Å². The van der Waals surface area contributed by atoms with E-state index in [1.54, 1.807) is 7.11 Å². The van der Waals surface area contributed by atoms with E-state index in [2.05, 4.69) is 30.7 Å². The Kier molecular flexibility index (Phi) is 5.86. The van der Waals surface area contributed by atoms with E-state index in [-0.39, 0.29) is 5.54 Å². The summed E-state index contributed by atoms with van der Waals surface area (Å²) in [6.45, 7) is 9.36. The number of hydrogen-bond donors (Lipinski definition) is 1. The minimum atomic E-state index is -0.0339. The number of likely N-dealkylation sites (N-methyl/N-ethyl adjacent to an activating group) is 1. The molecule has 0 saturated carbocycles. The van der Waals surface area contributed by atoms with Crippen molar-refractivity contribution in [3.8, 4) is 0 Å². The van der Waals surface area contributed by atoms with Gasteiger partial charge in [-0.3, -0.25) is 4.90 Å². The molecule has 1 fully saturated rings. The fourth-order valence-electron chi connectivity index (χ4n) is 2.68. The Hall–Kier alpha value is -0.160. The van der Waals surface area contributed by atoms with Crippen LogP contribution < -0.4 is 5.73 Å². The Balaban J connectivity index is 2.54. The van der Waals surface area contributed by atoms with Gasteiger partial charge < -0.3 is 15.4 Å². The summed E-state index contributed by atoms with van der Waals surface area (Å²) >= 11 is 0. The highest BCUT2D eigenvalue weighted by molar-refractivity contribution is 4.91. The highest BCUT2D eigenvalue weighted by Crippen LogP contribution is 2.22. The van der Waals surface area contributed by atoms with Gasteiger partial charge in [-0.05, 0) is 46.4 Å². The average Bonchev–Trinajstić information content (AvgIpc) is 2.38. The number of piperidine rings is 1. The Bertz CT molecular complexity index is 217. The van der Waals surface area contributed by atoms with Gasteiger partial charge in [0.05, 0.1) is 12.1 Å². The smallest absolute Gasteiger partial charge is 0.0656 e. The molecule has 102 valence electrons. The van der Waals surface area contributed by atoms with Crippen LogP contribution in [0.1, 0.15) is 26.7 Å². The number of rotatable bonds is 6. The molecule has 0 aromatic heterocycles. The lowest BCUT2D eigenvalue weighted by molar-refractivity contribution is -0.000845. The topological polar surface area (TPSA) is 41.7 Å². The van der Waals surface area contributed by atoms with E-state index < -0.39 is 0 Å². The number of ether oxygens (including phenoxy) is 1. The van der Waals surface area contributed by atoms with Gasteiger partial charge in [0.1, 0.15) is 0 Å². The number of nitrogens with two attached hydrogens (primary N) is 1. The molecule has 1 atom stereocenters. The average molecular weight is 243 g/mol. The minimum Gasteiger partial charge on any atom is -0.383 e.